The molecule has 0 saturated carbocycles. The number of nitrogens with zero attached hydrogens (tertiary/aromatic N) is 1. The molecule has 0 aromatic heterocycles. The van der Waals surface area contributed by atoms with Crippen molar-refractivity contribution >= 4 is 21.6 Å². The number of carbonyl (C=O) groups is 1. The molecule has 1 saturated heterocycles. The van der Waals surface area contributed by atoms with Crippen LogP contribution in [0.1, 0.15) is 30.4 Å². The summed E-state index contributed by atoms with van der Waals surface area (Å²) in [7, 11) is -3.42. The van der Waals surface area contributed by atoms with E-state index >= 15 is 0 Å². The van der Waals surface area contributed by atoms with Crippen molar-refractivity contribution in [3.8, 4) is 0 Å². The van der Waals surface area contributed by atoms with E-state index in [1.165, 1.54) is 10.4 Å². The summed E-state index contributed by atoms with van der Waals surface area (Å²) in [5.74, 6) is -0.751. The van der Waals surface area contributed by atoms with E-state index in [2.05, 4.69) is 5.32 Å². The van der Waals surface area contributed by atoms with Gasteiger partial charge in [0, 0.05) is 19.5 Å². The number of hydrogen-bond donors (Lipinski definition) is 1. The predicted octanol–water partition coefficient (Wildman–Crippen LogP) is 3.49. The highest BCUT2D eigenvalue weighted by Crippen LogP contribution is 2.21. The molecular formula is C20H23FN2O3S. The van der Waals surface area contributed by atoms with E-state index in [1.807, 2.05) is 6.92 Å². The minimum Gasteiger partial charge on any atom is -0.324 e. The SMILES string of the molecule is Cc1ccc(F)c(NC(=O)CCc2ccc(S(=O)(=O)N3CCCC3)cc2)c1. The van der Waals surface area contributed by atoms with E-state index in [0.29, 0.717) is 19.5 Å². The number of anilines is 1. The maximum atomic E-state index is 13.7. The van der Waals surface area contributed by atoms with Gasteiger partial charge in [-0.1, -0.05) is 18.2 Å². The van der Waals surface area contributed by atoms with Gasteiger partial charge in [-0.05, 0) is 61.6 Å². The Hall–Kier alpha value is -2.25. The van der Waals surface area contributed by atoms with Crippen molar-refractivity contribution in [1.29, 1.82) is 0 Å². The molecule has 0 aliphatic carbocycles. The summed E-state index contributed by atoms with van der Waals surface area (Å²) in [6, 6.07) is 11.2. The van der Waals surface area contributed by atoms with Gasteiger partial charge in [0.25, 0.3) is 0 Å². The predicted molar refractivity (Wildman–Crippen MR) is 103 cm³/mol. The zero-order valence-corrected chi connectivity index (χ0v) is 16.1. The summed E-state index contributed by atoms with van der Waals surface area (Å²) in [6.07, 6.45) is 2.43. The molecule has 0 bridgehead atoms. The number of amides is 1. The molecule has 3 rings (SSSR count). The van der Waals surface area contributed by atoms with Crippen molar-refractivity contribution < 1.29 is 17.6 Å². The second-order valence-electron chi connectivity index (χ2n) is 6.79. The molecule has 1 aliphatic rings. The van der Waals surface area contributed by atoms with Crippen molar-refractivity contribution in [2.75, 3.05) is 18.4 Å². The molecule has 144 valence electrons. The molecule has 0 atom stereocenters. The first-order valence-corrected chi connectivity index (χ1v) is 10.5. The Labute approximate surface area is 159 Å². The summed E-state index contributed by atoms with van der Waals surface area (Å²) in [4.78, 5) is 12.3. The lowest BCUT2D eigenvalue weighted by Gasteiger charge is -2.15. The smallest absolute Gasteiger partial charge is 0.243 e. The first-order valence-electron chi connectivity index (χ1n) is 9.01. The number of benzene rings is 2. The van der Waals surface area contributed by atoms with Gasteiger partial charge in [-0.15, -0.1) is 0 Å². The van der Waals surface area contributed by atoms with Gasteiger partial charge in [-0.2, -0.15) is 4.31 Å². The summed E-state index contributed by atoms with van der Waals surface area (Å²) < 4.78 is 40.2. The molecule has 1 heterocycles. The molecule has 1 aliphatic heterocycles. The highest BCUT2D eigenvalue weighted by atomic mass is 32.2. The van der Waals surface area contributed by atoms with Gasteiger partial charge in [0.1, 0.15) is 5.82 Å². The Bertz CT molecular complexity index is 921. The van der Waals surface area contributed by atoms with E-state index in [1.54, 1.807) is 36.4 Å². The van der Waals surface area contributed by atoms with Gasteiger partial charge in [-0.3, -0.25) is 4.79 Å². The average Bonchev–Trinajstić information content (AvgIpc) is 3.19. The van der Waals surface area contributed by atoms with Gasteiger partial charge in [0.05, 0.1) is 10.6 Å². The van der Waals surface area contributed by atoms with Crippen molar-refractivity contribution in [3.63, 3.8) is 0 Å². The Morgan fingerprint density at radius 3 is 2.44 bits per heavy atom. The topological polar surface area (TPSA) is 66.5 Å². The fraction of sp³-hybridized carbons (Fsp3) is 0.350. The first-order chi connectivity index (χ1) is 12.9. The van der Waals surface area contributed by atoms with Crippen molar-refractivity contribution in [1.82, 2.24) is 4.31 Å². The molecular weight excluding hydrogens is 367 g/mol. The van der Waals surface area contributed by atoms with Crippen LogP contribution in [0.25, 0.3) is 0 Å². The molecule has 1 fully saturated rings. The third-order valence-electron chi connectivity index (χ3n) is 4.66. The summed E-state index contributed by atoms with van der Waals surface area (Å²) in [6.45, 7) is 2.96. The van der Waals surface area contributed by atoms with E-state index < -0.39 is 15.8 Å². The monoisotopic (exact) mass is 390 g/mol. The van der Waals surface area contributed by atoms with Crippen LogP contribution in [0.5, 0.6) is 0 Å². The Balaban J connectivity index is 1.58. The summed E-state index contributed by atoms with van der Waals surface area (Å²) >= 11 is 0. The van der Waals surface area contributed by atoms with Crippen molar-refractivity contribution in [3.05, 3.63) is 59.4 Å². The normalized spacial score (nSPS) is 15.0. The number of carbonyl (C=O) groups excluding carboxylic acids is 1. The van der Waals surface area contributed by atoms with Crippen LogP contribution < -0.4 is 5.32 Å². The van der Waals surface area contributed by atoms with Crippen LogP contribution in [-0.4, -0.2) is 31.7 Å². The quantitative estimate of drug-likeness (QED) is 0.821. The second kappa shape index (κ2) is 8.19. The molecule has 0 spiro atoms. The van der Waals surface area contributed by atoms with Crippen LogP contribution in [0.3, 0.4) is 0 Å². The van der Waals surface area contributed by atoms with Crippen LogP contribution in [0.2, 0.25) is 0 Å². The number of halogens is 1. The van der Waals surface area contributed by atoms with Gasteiger partial charge in [0.2, 0.25) is 15.9 Å². The third-order valence-corrected chi connectivity index (χ3v) is 6.58. The lowest BCUT2D eigenvalue weighted by atomic mass is 10.1. The maximum Gasteiger partial charge on any atom is 0.243 e. The zero-order valence-electron chi connectivity index (χ0n) is 15.2. The molecule has 7 heteroatoms. The fourth-order valence-corrected chi connectivity index (χ4v) is 4.63. The molecule has 1 N–H and O–H groups in total. The fourth-order valence-electron chi connectivity index (χ4n) is 3.11. The van der Waals surface area contributed by atoms with E-state index in [-0.39, 0.29) is 22.9 Å². The van der Waals surface area contributed by atoms with Gasteiger partial charge < -0.3 is 5.32 Å². The number of aryl methyl sites for hydroxylation is 2. The number of rotatable bonds is 6. The second-order valence-corrected chi connectivity index (χ2v) is 8.72. The van der Waals surface area contributed by atoms with E-state index in [4.69, 9.17) is 0 Å². The third kappa shape index (κ3) is 4.73. The molecule has 2 aromatic carbocycles. The highest BCUT2D eigenvalue weighted by Gasteiger charge is 2.26. The standard InChI is InChI=1S/C20H23FN2O3S/c1-15-4-10-18(21)19(14-15)22-20(24)11-7-16-5-8-17(9-6-16)27(25,26)23-12-2-3-13-23/h4-6,8-10,14H,2-3,7,11-13H2,1H3,(H,22,24). The maximum absolute atomic E-state index is 13.7. The zero-order chi connectivity index (χ0) is 19.4. The van der Waals surface area contributed by atoms with Gasteiger partial charge in [-0.25, -0.2) is 12.8 Å². The minimum absolute atomic E-state index is 0.173. The lowest BCUT2D eigenvalue weighted by Crippen LogP contribution is -2.27. The van der Waals surface area contributed by atoms with Gasteiger partial charge in [0.15, 0.2) is 0 Å². The molecule has 0 unspecified atom stereocenters. The number of sulfonamides is 1. The van der Waals surface area contributed by atoms with E-state index in [0.717, 1.165) is 24.0 Å². The van der Waals surface area contributed by atoms with Crippen LogP contribution in [0, 0.1) is 12.7 Å². The summed E-state index contributed by atoms with van der Waals surface area (Å²) in [5, 5.41) is 2.58. The Kier molecular flexibility index (Phi) is 5.92. The minimum atomic E-state index is -3.42. The van der Waals surface area contributed by atoms with Crippen LogP contribution in [0.4, 0.5) is 10.1 Å². The van der Waals surface area contributed by atoms with Crippen molar-refractivity contribution in [2.24, 2.45) is 0 Å². The molecule has 27 heavy (non-hydrogen) atoms. The van der Waals surface area contributed by atoms with Crippen LogP contribution in [-0.2, 0) is 21.2 Å². The lowest BCUT2D eigenvalue weighted by molar-refractivity contribution is -0.116. The number of hydrogen-bond acceptors (Lipinski definition) is 3. The molecule has 2 aromatic rings. The average molecular weight is 390 g/mol. The number of nitrogens with one attached hydrogen (secondary N) is 1. The Morgan fingerprint density at radius 2 is 1.78 bits per heavy atom. The van der Waals surface area contributed by atoms with Crippen LogP contribution in [0.15, 0.2) is 47.4 Å². The highest BCUT2D eigenvalue weighted by molar-refractivity contribution is 7.89. The van der Waals surface area contributed by atoms with E-state index in [9.17, 15) is 17.6 Å². The molecule has 0 radical (unpaired) electrons. The van der Waals surface area contributed by atoms with Crippen LogP contribution >= 0.6 is 0 Å². The van der Waals surface area contributed by atoms with Crippen molar-refractivity contribution in [2.45, 2.75) is 37.5 Å². The molecule has 5 nitrogen and oxygen atoms in total. The summed E-state index contributed by atoms with van der Waals surface area (Å²) in [5.41, 5.74) is 1.89. The van der Waals surface area contributed by atoms with Gasteiger partial charge >= 0.3 is 0 Å². The Morgan fingerprint density at radius 1 is 1.11 bits per heavy atom. The largest absolute Gasteiger partial charge is 0.324 e. The molecule has 1 amide bonds. The first kappa shape index (κ1) is 19.5.